The summed E-state index contributed by atoms with van der Waals surface area (Å²) in [6, 6.07) is 11.2. The van der Waals surface area contributed by atoms with Gasteiger partial charge in [-0.2, -0.15) is 5.26 Å². The zero-order chi connectivity index (χ0) is 15.4. The first kappa shape index (κ1) is 14.7. The second-order valence-electron chi connectivity index (χ2n) is 4.79. The molecule has 0 spiro atoms. The summed E-state index contributed by atoms with van der Waals surface area (Å²) in [5.41, 5.74) is 2.71. The van der Waals surface area contributed by atoms with Crippen LogP contribution in [-0.2, 0) is 0 Å². The molecular formula is C17H14FNO2. The Morgan fingerprint density at radius 3 is 2.62 bits per heavy atom. The fourth-order valence-corrected chi connectivity index (χ4v) is 2.03. The molecule has 4 heteroatoms. The van der Waals surface area contributed by atoms with E-state index in [1.54, 1.807) is 6.07 Å². The normalized spacial score (nSPS) is 10.0. The van der Waals surface area contributed by atoms with Gasteiger partial charge in [-0.05, 0) is 37.6 Å². The Morgan fingerprint density at radius 1 is 1.24 bits per heavy atom. The number of benzene rings is 2. The number of halogens is 1. The number of rotatable bonds is 4. The van der Waals surface area contributed by atoms with E-state index < -0.39 is 5.82 Å². The number of nitriles is 1. The number of carbonyl (C=O) groups excluding carboxylic acids is 1. The van der Waals surface area contributed by atoms with Gasteiger partial charge in [0.1, 0.15) is 0 Å². The Bertz CT molecular complexity index is 732. The van der Waals surface area contributed by atoms with Crippen molar-refractivity contribution in [2.24, 2.45) is 0 Å². The van der Waals surface area contributed by atoms with Crippen LogP contribution in [0.3, 0.4) is 0 Å². The van der Waals surface area contributed by atoms with Crippen LogP contribution in [0.15, 0.2) is 36.4 Å². The van der Waals surface area contributed by atoms with Gasteiger partial charge in [-0.25, -0.2) is 4.39 Å². The van der Waals surface area contributed by atoms with Crippen LogP contribution in [0.25, 0.3) is 0 Å². The molecule has 0 N–H and O–H groups in total. The van der Waals surface area contributed by atoms with Crippen LogP contribution in [0.5, 0.6) is 5.75 Å². The predicted molar refractivity (Wildman–Crippen MR) is 76.9 cm³/mol. The van der Waals surface area contributed by atoms with E-state index in [1.807, 2.05) is 32.0 Å². The molecule has 0 aliphatic heterocycles. The van der Waals surface area contributed by atoms with E-state index in [9.17, 15) is 9.18 Å². The number of hydrogen-bond acceptors (Lipinski definition) is 3. The van der Waals surface area contributed by atoms with Crippen LogP contribution in [0.4, 0.5) is 4.39 Å². The van der Waals surface area contributed by atoms with Gasteiger partial charge in [-0.1, -0.05) is 23.8 Å². The number of aryl methyl sites for hydroxylation is 2. The number of ether oxygens (including phenoxy) is 1. The third-order valence-corrected chi connectivity index (χ3v) is 3.10. The number of hydrogen-bond donors (Lipinski definition) is 0. The lowest BCUT2D eigenvalue weighted by atomic mass is 10.0. The summed E-state index contributed by atoms with van der Waals surface area (Å²) in [7, 11) is 0. The molecule has 0 fully saturated rings. The topological polar surface area (TPSA) is 50.1 Å². The van der Waals surface area contributed by atoms with E-state index in [0.29, 0.717) is 5.56 Å². The largest absolute Gasteiger partial charge is 0.482 e. The number of nitrogens with zero attached hydrogens (tertiary/aromatic N) is 1. The molecule has 0 saturated heterocycles. The lowest BCUT2D eigenvalue weighted by Crippen LogP contribution is -2.13. The van der Waals surface area contributed by atoms with Gasteiger partial charge in [0, 0.05) is 5.56 Å². The van der Waals surface area contributed by atoms with Gasteiger partial charge >= 0.3 is 0 Å². The van der Waals surface area contributed by atoms with Crippen LogP contribution in [0, 0.1) is 31.0 Å². The van der Waals surface area contributed by atoms with Gasteiger partial charge in [0.2, 0.25) is 0 Å². The summed E-state index contributed by atoms with van der Waals surface area (Å²) < 4.78 is 18.8. The summed E-state index contributed by atoms with van der Waals surface area (Å²) in [6.45, 7) is 3.55. The Morgan fingerprint density at radius 2 is 2.00 bits per heavy atom. The average molecular weight is 283 g/mol. The third-order valence-electron chi connectivity index (χ3n) is 3.10. The molecule has 21 heavy (non-hydrogen) atoms. The van der Waals surface area contributed by atoms with Crippen LogP contribution in [0.1, 0.15) is 27.0 Å². The minimum absolute atomic E-state index is 0.0351. The Hall–Kier alpha value is -2.67. The number of ketones is 1. The van der Waals surface area contributed by atoms with Crippen molar-refractivity contribution in [2.45, 2.75) is 13.8 Å². The molecule has 2 aromatic rings. The van der Waals surface area contributed by atoms with Gasteiger partial charge in [-0.3, -0.25) is 4.79 Å². The highest BCUT2D eigenvalue weighted by atomic mass is 19.1. The average Bonchev–Trinajstić information content (AvgIpc) is 2.45. The van der Waals surface area contributed by atoms with Gasteiger partial charge in [-0.15, -0.1) is 0 Å². The molecule has 0 unspecified atom stereocenters. The highest BCUT2D eigenvalue weighted by Gasteiger charge is 2.12. The summed E-state index contributed by atoms with van der Waals surface area (Å²) in [5, 5.41) is 8.66. The Balaban J connectivity index is 2.09. The first-order chi connectivity index (χ1) is 10.0. The van der Waals surface area contributed by atoms with Crippen molar-refractivity contribution in [1.29, 1.82) is 5.26 Å². The van der Waals surface area contributed by atoms with Crippen molar-refractivity contribution < 1.29 is 13.9 Å². The molecular weight excluding hydrogens is 269 g/mol. The summed E-state index contributed by atoms with van der Waals surface area (Å²) in [5.74, 6) is -0.897. The molecule has 0 aliphatic carbocycles. The Kier molecular flexibility index (Phi) is 4.34. The Labute approximate surface area is 122 Å². The summed E-state index contributed by atoms with van der Waals surface area (Å²) >= 11 is 0. The summed E-state index contributed by atoms with van der Waals surface area (Å²) in [6.07, 6.45) is 0. The zero-order valence-electron chi connectivity index (χ0n) is 11.8. The highest BCUT2D eigenvalue weighted by Crippen LogP contribution is 2.19. The zero-order valence-corrected chi connectivity index (χ0v) is 11.8. The highest BCUT2D eigenvalue weighted by molar-refractivity contribution is 5.98. The van der Waals surface area contributed by atoms with Crippen molar-refractivity contribution in [3.05, 3.63) is 64.5 Å². The van der Waals surface area contributed by atoms with E-state index in [4.69, 9.17) is 10.00 Å². The molecule has 0 radical (unpaired) electrons. The minimum atomic E-state index is -0.650. The standard InChI is InChI=1S/C17H14FNO2/c1-11-3-5-14(12(2)7-11)16(20)10-21-17-6-4-13(9-19)8-15(17)18/h3-8H,10H2,1-2H3. The van der Waals surface area contributed by atoms with E-state index in [0.717, 1.165) is 17.2 Å². The van der Waals surface area contributed by atoms with Gasteiger partial charge in [0.25, 0.3) is 0 Å². The second-order valence-corrected chi connectivity index (χ2v) is 4.79. The lowest BCUT2D eigenvalue weighted by molar-refractivity contribution is 0.0918. The van der Waals surface area contributed by atoms with Crippen LogP contribution >= 0.6 is 0 Å². The van der Waals surface area contributed by atoms with Crippen molar-refractivity contribution in [2.75, 3.05) is 6.61 Å². The van der Waals surface area contributed by atoms with Crippen molar-refractivity contribution >= 4 is 5.78 Å². The first-order valence-electron chi connectivity index (χ1n) is 6.44. The molecule has 2 aromatic carbocycles. The molecule has 0 aliphatic rings. The monoisotopic (exact) mass is 283 g/mol. The number of Topliss-reactive ketones (excluding diaryl/α,β-unsaturated/α-hetero) is 1. The molecule has 3 nitrogen and oxygen atoms in total. The molecule has 0 amide bonds. The molecule has 0 aromatic heterocycles. The van der Waals surface area contributed by atoms with Crippen LogP contribution < -0.4 is 4.74 Å². The molecule has 2 rings (SSSR count). The van der Waals surface area contributed by atoms with Crippen LogP contribution in [0.2, 0.25) is 0 Å². The van der Waals surface area contributed by atoms with E-state index in [1.165, 1.54) is 12.1 Å². The maximum absolute atomic E-state index is 13.6. The maximum Gasteiger partial charge on any atom is 0.200 e. The van der Waals surface area contributed by atoms with Gasteiger partial charge < -0.3 is 4.74 Å². The fourth-order valence-electron chi connectivity index (χ4n) is 2.03. The predicted octanol–water partition coefficient (Wildman–Crippen LogP) is 3.58. The quantitative estimate of drug-likeness (QED) is 0.806. The minimum Gasteiger partial charge on any atom is -0.482 e. The fraction of sp³-hybridized carbons (Fsp3) is 0.176. The third kappa shape index (κ3) is 3.46. The smallest absolute Gasteiger partial charge is 0.200 e. The second kappa shape index (κ2) is 6.19. The number of carbonyl (C=O) groups is 1. The maximum atomic E-state index is 13.6. The lowest BCUT2D eigenvalue weighted by Gasteiger charge is -2.09. The summed E-state index contributed by atoms with van der Waals surface area (Å²) in [4.78, 5) is 12.1. The van der Waals surface area contributed by atoms with Crippen molar-refractivity contribution in [3.8, 4) is 11.8 Å². The van der Waals surface area contributed by atoms with Crippen molar-refractivity contribution in [1.82, 2.24) is 0 Å². The van der Waals surface area contributed by atoms with Gasteiger partial charge in [0.15, 0.2) is 24.0 Å². The molecule has 0 bridgehead atoms. The van der Waals surface area contributed by atoms with Gasteiger partial charge in [0.05, 0.1) is 11.6 Å². The first-order valence-corrected chi connectivity index (χ1v) is 6.44. The molecule has 106 valence electrons. The van der Waals surface area contributed by atoms with Crippen molar-refractivity contribution in [3.63, 3.8) is 0 Å². The SMILES string of the molecule is Cc1ccc(C(=O)COc2ccc(C#N)cc2F)c(C)c1. The van der Waals surface area contributed by atoms with E-state index in [2.05, 4.69) is 0 Å². The molecule has 0 heterocycles. The molecule has 0 saturated carbocycles. The van der Waals surface area contributed by atoms with E-state index >= 15 is 0 Å². The molecule has 0 atom stereocenters. The van der Waals surface area contributed by atoms with Crippen LogP contribution in [-0.4, -0.2) is 12.4 Å². The van der Waals surface area contributed by atoms with E-state index in [-0.39, 0.29) is 23.7 Å².